The van der Waals surface area contributed by atoms with Crippen LogP contribution in [-0.2, 0) is 42.9 Å². The van der Waals surface area contributed by atoms with Gasteiger partial charge in [0.25, 0.3) is 0 Å². The highest BCUT2D eigenvalue weighted by molar-refractivity contribution is 5.74. The molecule has 1 saturated heterocycles. The van der Waals surface area contributed by atoms with E-state index in [0.29, 0.717) is 19.3 Å². The fourth-order valence-corrected chi connectivity index (χ4v) is 9.35. The summed E-state index contributed by atoms with van der Waals surface area (Å²) in [4.78, 5) is 51.3. The van der Waals surface area contributed by atoms with E-state index < -0.39 is 67.3 Å². The molecule has 454 valence electrons. The zero-order chi connectivity index (χ0) is 57.5. The van der Waals surface area contributed by atoms with Crippen LogP contribution in [0.2, 0.25) is 0 Å². The molecule has 0 spiro atoms. The van der Waals surface area contributed by atoms with Crippen molar-refractivity contribution in [3.63, 3.8) is 0 Å². The van der Waals surface area contributed by atoms with Crippen LogP contribution in [-0.4, -0.2) is 89.2 Å². The molecule has 0 aromatic rings. The monoisotopic (exact) mass is 1110 g/mol. The summed E-state index contributed by atoms with van der Waals surface area (Å²) in [6.07, 6.45) is 57.1. The number of unbranched alkanes of at least 4 members (excludes halogenated alkanes) is 28. The van der Waals surface area contributed by atoms with Gasteiger partial charge >= 0.3 is 23.9 Å². The molecule has 6 atom stereocenters. The van der Waals surface area contributed by atoms with Crippen molar-refractivity contribution in [2.45, 2.75) is 314 Å². The van der Waals surface area contributed by atoms with Crippen LogP contribution < -0.4 is 0 Å². The van der Waals surface area contributed by atoms with Crippen LogP contribution in [0.4, 0.5) is 0 Å². The second kappa shape index (κ2) is 54.7. The number of hydrogen-bond acceptors (Lipinski definition) is 11. The Morgan fingerprint density at radius 2 is 0.797 bits per heavy atom. The van der Waals surface area contributed by atoms with E-state index in [-0.39, 0.29) is 25.9 Å². The maximum absolute atomic E-state index is 13.2. The van der Waals surface area contributed by atoms with Crippen molar-refractivity contribution >= 4 is 23.9 Å². The molecule has 3 N–H and O–H groups in total. The first kappa shape index (κ1) is 73.2. The molecule has 1 heterocycles. The number of ether oxygens (including phenoxy) is 5. The summed E-state index contributed by atoms with van der Waals surface area (Å²) in [5.74, 6) is -3.14. The predicted molar refractivity (Wildman–Crippen MR) is 322 cm³/mol. The van der Waals surface area contributed by atoms with E-state index in [9.17, 15) is 34.5 Å². The quantitative estimate of drug-likeness (QED) is 0.0228. The van der Waals surface area contributed by atoms with Crippen molar-refractivity contribution in [1.29, 1.82) is 0 Å². The molecule has 0 radical (unpaired) electrons. The van der Waals surface area contributed by atoms with Crippen LogP contribution in [0.25, 0.3) is 0 Å². The van der Waals surface area contributed by atoms with Gasteiger partial charge in [-0.2, -0.15) is 0 Å². The van der Waals surface area contributed by atoms with E-state index in [1.807, 2.05) is 0 Å². The largest absolute Gasteiger partial charge is 0.479 e. The molecule has 0 saturated carbocycles. The summed E-state index contributed by atoms with van der Waals surface area (Å²) in [6.45, 7) is 5.86. The molecule has 1 aliphatic heterocycles. The predicted octanol–water partition coefficient (Wildman–Crippen LogP) is 16.9. The highest BCUT2D eigenvalue weighted by Gasteiger charge is 2.50. The second-order valence-corrected chi connectivity index (χ2v) is 21.7. The Bertz CT molecular complexity index is 1650. The molecule has 0 aromatic heterocycles. The smallest absolute Gasteiger partial charge is 0.335 e. The van der Waals surface area contributed by atoms with Gasteiger partial charge in [0.1, 0.15) is 18.8 Å². The number of aliphatic carboxylic acids is 1. The van der Waals surface area contributed by atoms with Crippen molar-refractivity contribution in [2.24, 2.45) is 0 Å². The molecule has 0 amide bonds. The van der Waals surface area contributed by atoms with Crippen LogP contribution >= 0.6 is 0 Å². The SMILES string of the molecule is CC/C=C\C/C=C\C/C=C\CCCCCCCCCC(=O)OCC(COC1OC(C(=O)O)C(O)C(O)C1OC(=O)CCCCCCC/C=C\CCCCCCCC)OC(=O)CCCCCCCCC/C=C\C/C=C\CCCCC. The molecule has 1 rings (SSSR count). The maximum atomic E-state index is 13.2. The Morgan fingerprint density at radius 1 is 0.430 bits per heavy atom. The average molecular weight is 1110 g/mol. The minimum absolute atomic E-state index is 0.0478. The number of aliphatic hydroxyl groups excluding tert-OH is 2. The zero-order valence-corrected chi connectivity index (χ0v) is 50.1. The van der Waals surface area contributed by atoms with Gasteiger partial charge < -0.3 is 39.0 Å². The highest BCUT2D eigenvalue weighted by Crippen LogP contribution is 2.26. The molecular formula is C67H114O12. The summed E-state index contributed by atoms with van der Waals surface area (Å²) in [5, 5.41) is 31.6. The average Bonchev–Trinajstić information content (AvgIpc) is 3.46. The first-order valence-corrected chi connectivity index (χ1v) is 31.9. The van der Waals surface area contributed by atoms with Crippen molar-refractivity contribution in [2.75, 3.05) is 13.2 Å². The van der Waals surface area contributed by atoms with Crippen molar-refractivity contribution in [3.05, 3.63) is 72.9 Å². The molecule has 0 bridgehead atoms. The maximum Gasteiger partial charge on any atom is 0.335 e. The lowest BCUT2D eigenvalue weighted by Crippen LogP contribution is -2.61. The normalized spacial score (nSPS) is 18.3. The van der Waals surface area contributed by atoms with Crippen LogP contribution in [0.15, 0.2) is 72.9 Å². The first-order chi connectivity index (χ1) is 38.6. The Morgan fingerprint density at radius 3 is 1.25 bits per heavy atom. The number of hydrogen-bond donors (Lipinski definition) is 3. The van der Waals surface area contributed by atoms with Gasteiger partial charge in [-0.1, -0.05) is 222 Å². The summed E-state index contributed by atoms with van der Waals surface area (Å²) in [7, 11) is 0. The van der Waals surface area contributed by atoms with Crippen molar-refractivity contribution in [1.82, 2.24) is 0 Å². The minimum Gasteiger partial charge on any atom is -0.479 e. The van der Waals surface area contributed by atoms with Crippen LogP contribution in [0.5, 0.6) is 0 Å². The molecule has 0 aliphatic carbocycles. The summed E-state index contributed by atoms with van der Waals surface area (Å²) >= 11 is 0. The number of aliphatic hydroxyl groups is 2. The molecular weight excluding hydrogens is 997 g/mol. The standard InChI is InChI=1S/C67H114O12/c1-4-7-10-13-16-19-22-25-28-30-33-35-38-41-44-47-50-53-59(68)75-56-58(77-60(69)54-51-48-45-42-39-37-34-31-29-26-23-20-17-14-11-8-5-2)57-76-67-65(63(72)62(71)64(79-67)66(73)74)78-61(70)55-52-49-46-43-40-36-32-27-24-21-18-15-12-9-6-3/h7,10,16-17,19-20,25-29,32,58,62-65,67,71-72H,4-6,8-9,11-15,18,21-24,30-31,33-57H2,1-3H3,(H,73,74)/b10-7-,19-16-,20-17-,28-25-,29-26-,32-27-. The van der Waals surface area contributed by atoms with Crippen molar-refractivity contribution in [3.8, 4) is 0 Å². The molecule has 0 aromatic carbocycles. The Balaban J connectivity index is 2.68. The molecule has 6 unspecified atom stereocenters. The van der Waals surface area contributed by atoms with Gasteiger partial charge in [0.15, 0.2) is 24.6 Å². The number of carboxylic acids is 1. The lowest BCUT2D eigenvalue weighted by molar-refractivity contribution is -0.301. The molecule has 79 heavy (non-hydrogen) atoms. The molecule has 1 fully saturated rings. The Kier molecular flexibility index (Phi) is 50.7. The number of esters is 3. The van der Waals surface area contributed by atoms with Gasteiger partial charge in [-0.25, -0.2) is 4.79 Å². The van der Waals surface area contributed by atoms with E-state index in [0.717, 1.165) is 141 Å². The lowest BCUT2D eigenvalue weighted by Gasteiger charge is -2.40. The highest BCUT2D eigenvalue weighted by atomic mass is 16.7. The van der Waals surface area contributed by atoms with E-state index in [4.69, 9.17) is 23.7 Å². The third-order valence-corrected chi connectivity index (χ3v) is 14.2. The Hall–Kier alpha value is -3.84. The van der Waals surface area contributed by atoms with E-state index in [1.54, 1.807) is 0 Å². The van der Waals surface area contributed by atoms with Crippen LogP contribution in [0.1, 0.15) is 278 Å². The number of rotatable bonds is 54. The van der Waals surface area contributed by atoms with Gasteiger partial charge in [0.2, 0.25) is 0 Å². The van der Waals surface area contributed by atoms with Gasteiger partial charge in [0, 0.05) is 19.3 Å². The first-order valence-electron chi connectivity index (χ1n) is 31.9. The fourth-order valence-electron chi connectivity index (χ4n) is 9.35. The van der Waals surface area contributed by atoms with E-state index in [2.05, 4.69) is 93.7 Å². The van der Waals surface area contributed by atoms with Gasteiger partial charge in [-0.3, -0.25) is 14.4 Å². The zero-order valence-electron chi connectivity index (χ0n) is 50.1. The van der Waals surface area contributed by atoms with Crippen LogP contribution in [0, 0.1) is 0 Å². The number of carboxylic acid groups (broad SMARTS) is 1. The summed E-state index contributed by atoms with van der Waals surface area (Å²) in [5.41, 5.74) is 0. The number of carbonyl (C=O) groups is 4. The third-order valence-electron chi connectivity index (χ3n) is 14.2. The summed E-state index contributed by atoms with van der Waals surface area (Å²) < 4.78 is 28.5. The minimum atomic E-state index is -1.91. The topological polar surface area (TPSA) is 175 Å². The number of carbonyl (C=O) groups excluding carboxylic acids is 3. The lowest BCUT2D eigenvalue weighted by atomic mass is 9.98. The van der Waals surface area contributed by atoms with E-state index >= 15 is 0 Å². The molecule has 1 aliphatic rings. The molecule has 12 nitrogen and oxygen atoms in total. The van der Waals surface area contributed by atoms with Gasteiger partial charge in [-0.15, -0.1) is 0 Å². The third kappa shape index (κ3) is 44.5. The second-order valence-electron chi connectivity index (χ2n) is 21.7. The van der Waals surface area contributed by atoms with Crippen molar-refractivity contribution < 1.29 is 58.2 Å². The Labute approximate surface area is 480 Å². The van der Waals surface area contributed by atoms with E-state index in [1.165, 1.54) is 77.0 Å². The summed E-state index contributed by atoms with van der Waals surface area (Å²) in [6, 6.07) is 0. The number of allylic oxidation sites excluding steroid dienone is 12. The fraction of sp³-hybridized carbons (Fsp3) is 0.761. The molecule has 12 heteroatoms. The van der Waals surface area contributed by atoms with Gasteiger partial charge in [0.05, 0.1) is 6.61 Å². The van der Waals surface area contributed by atoms with Crippen LogP contribution in [0.3, 0.4) is 0 Å². The van der Waals surface area contributed by atoms with Gasteiger partial charge in [-0.05, 0) is 109 Å².